The van der Waals surface area contributed by atoms with Gasteiger partial charge < -0.3 is 5.32 Å². The molecule has 2 rings (SSSR count). The van der Waals surface area contributed by atoms with Gasteiger partial charge in [-0.25, -0.2) is 10.3 Å². The molecule has 0 atom stereocenters. The Morgan fingerprint density at radius 3 is 2.26 bits per heavy atom. The van der Waals surface area contributed by atoms with Gasteiger partial charge in [-0.2, -0.15) is 0 Å². The van der Waals surface area contributed by atoms with Crippen molar-refractivity contribution in [3.8, 4) is 0 Å². The van der Waals surface area contributed by atoms with E-state index in [0.29, 0.717) is 6.61 Å². The number of carbonyl (C=O) groups is 1. The fourth-order valence-electron chi connectivity index (χ4n) is 1.61. The van der Waals surface area contributed by atoms with E-state index in [0.717, 1.165) is 12.1 Å². The minimum atomic E-state index is -0.376. The molecule has 0 aliphatic rings. The maximum atomic E-state index is 11.5. The van der Waals surface area contributed by atoms with Crippen LogP contribution in [0.15, 0.2) is 60.7 Å². The highest BCUT2D eigenvalue weighted by atomic mass is 16.7. The number of benzene rings is 2. The number of nitrogens with one attached hydrogen (secondary N) is 2. The van der Waals surface area contributed by atoms with Crippen LogP contribution in [0.4, 0.5) is 10.5 Å². The molecule has 4 heteroatoms. The van der Waals surface area contributed by atoms with Crippen molar-refractivity contribution < 1.29 is 9.63 Å². The van der Waals surface area contributed by atoms with Crippen molar-refractivity contribution in [1.29, 1.82) is 0 Å². The van der Waals surface area contributed by atoms with Crippen LogP contribution in [0.25, 0.3) is 0 Å². The summed E-state index contributed by atoms with van der Waals surface area (Å²) in [6.07, 6.45) is 0.756. The van der Waals surface area contributed by atoms with E-state index in [1.165, 1.54) is 5.56 Å². The molecule has 2 N–H and O–H groups in total. The fourth-order valence-corrected chi connectivity index (χ4v) is 1.61. The van der Waals surface area contributed by atoms with Crippen molar-refractivity contribution in [2.45, 2.75) is 6.42 Å². The monoisotopic (exact) mass is 256 g/mol. The molecule has 0 saturated heterocycles. The molecule has 2 aromatic carbocycles. The SMILES string of the molecule is O=C(NOCCc1ccccc1)Nc1ccccc1. The van der Waals surface area contributed by atoms with Gasteiger partial charge in [0, 0.05) is 5.69 Å². The number of rotatable bonds is 5. The predicted octanol–water partition coefficient (Wildman–Crippen LogP) is 2.98. The Bertz CT molecular complexity index is 500. The lowest BCUT2D eigenvalue weighted by molar-refractivity contribution is 0.0681. The van der Waals surface area contributed by atoms with E-state index in [1.807, 2.05) is 60.7 Å². The smallest absolute Gasteiger partial charge is 0.306 e. The van der Waals surface area contributed by atoms with Crippen LogP contribution in [-0.2, 0) is 11.3 Å². The van der Waals surface area contributed by atoms with Gasteiger partial charge in [0.05, 0.1) is 6.61 Å². The molecule has 0 unspecified atom stereocenters. The Morgan fingerprint density at radius 2 is 1.58 bits per heavy atom. The van der Waals surface area contributed by atoms with E-state index in [2.05, 4.69) is 10.8 Å². The third-order valence-corrected chi connectivity index (χ3v) is 2.53. The number of anilines is 1. The van der Waals surface area contributed by atoms with E-state index in [4.69, 9.17) is 4.84 Å². The molecule has 4 nitrogen and oxygen atoms in total. The van der Waals surface area contributed by atoms with E-state index in [-0.39, 0.29) is 6.03 Å². The van der Waals surface area contributed by atoms with Crippen molar-refractivity contribution in [2.75, 3.05) is 11.9 Å². The Labute approximate surface area is 112 Å². The highest BCUT2D eigenvalue weighted by Crippen LogP contribution is 2.04. The van der Waals surface area contributed by atoms with Crippen LogP contribution in [0.2, 0.25) is 0 Å². The van der Waals surface area contributed by atoms with Crippen LogP contribution < -0.4 is 10.8 Å². The maximum absolute atomic E-state index is 11.5. The zero-order chi connectivity index (χ0) is 13.3. The number of hydrogen-bond acceptors (Lipinski definition) is 2. The predicted molar refractivity (Wildman–Crippen MR) is 74.7 cm³/mol. The van der Waals surface area contributed by atoms with Crippen LogP contribution in [-0.4, -0.2) is 12.6 Å². The summed E-state index contributed by atoms with van der Waals surface area (Å²) in [5, 5.41) is 2.67. The summed E-state index contributed by atoms with van der Waals surface area (Å²) in [5.74, 6) is 0. The van der Waals surface area contributed by atoms with Gasteiger partial charge >= 0.3 is 6.03 Å². The first kappa shape index (κ1) is 13.1. The summed E-state index contributed by atoms with van der Waals surface area (Å²) in [4.78, 5) is 16.6. The van der Waals surface area contributed by atoms with Gasteiger partial charge in [0.2, 0.25) is 0 Å². The second kappa shape index (κ2) is 7.18. The molecular weight excluding hydrogens is 240 g/mol. The summed E-state index contributed by atoms with van der Waals surface area (Å²) < 4.78 is 0. The molecule has 0 fully saturated rings. The van der Waals surface area contributed by atoms with Crippen molar-refractivity contribution in [2.24, 2.45) is 0 Å². The molecule has 2 amide bonds. The molecule has 0 saturated carbocycles. The van der Waals surface area contributed by atoms with E-state index < -0.39 is 0 Å². The molecular formula is C15H16N2O2. The van der Waals surface area contributed by atoms with Gasteiger partial charge in [-0.15, -0.1) is 0 Å². The Hall–Kier alpha value is -2.33. The van der Waals surface area contributed by atoms with Gasteiger partial charge in [-0.1, -0.05) is 48.5 Å². The largest absolute Gasteiger partial charge is 0.343 e. The first-order valence-electron chi connectivity index (χ1n) is 6.12. The third kappa shape index (κ3) is 4.81. The topological polar surface area (TPSA) is 50.4 Å². The highest BCUT2D eigenvalue weighted by Gasteiger charge is 2.00. The van der Waals surface area contributed by atoms with Crippen LogP contribution in [0, 0.1) is 0 Å². The number of para-hydroxylation sites is 1. The Balaban J connectivity index is 1.65. The summed E-state index contributed by atoms with van der Waals surface area (Å²) >= 11 is 0. The van der Waals surface area contributed by atoms with Crippen molar-refractivity contribution >= 4 is 11.7 Å². The van der Waals surface area contributed by atoms with Crippen LogP contribution in [0.1, 0.15) is 5.56 Å². The Morgan fingerprint density at radius 1 is 0.947 bits per heavy atom. The highest BCUT2D eigenvalue weighted by molar-refractivity contribution is 5.88. The lowest BCUT2D eigenvalue weighted by Gasteiger charge is -2.07. The van der Waals surface area contributed by atoms with Gasteiger partial charge in [0.25, 0.3) is 0 Å². The first-order chi connectivity index (χ1) is 9.34. The molecule has 98 valence electrons. The molecule has 2 aromatic rings. The quantitative estimate of drug-likeness (QED) is 0.638. The van der Waals surface area contributed by atoms with Gasteiger partial charge in [0.1, 0.15) is 0 Å². The van der Waals surface area contributed by atoms with E-state index >= 15 is 0 Å². The number of hydroxylamine groups is 1. The minimum absolute atomic E-state index is 0.376. The molecule has 19 heavy (non-hydrogen) atoms. The summed E-state index contributed by atoms with van der Waals surface area (Å²) in [5.41, 5.74) is 4.25. The molecule has 0 aromatic heterocycles. The summed E-state index contributed by atoms with van der Waals surface area (Å²) in [6.45, 7) is 0.437. The van der Waals surface area contributed by atoms with Gasteiger partial charge in [-0.3, -0.25) is 4.84 Å². The lowest BCUT2D eigenvalue weighted by atomic mass is 10.2. The molecule has 0 heterocycles. The summed E-state index contributed by atoms with van der Waals surface area (Å²) in [6, 6.07) is 18.8. The molecule has 0 spiro atoms. The van der Waals surface area contributed by atoms with E-state index in [9.17, 15) is 4.79 Å². The van der Waals surface area contributed by atoms with Gasteiger partial charge in [-0.05, 0) is 24.1 Å². The number of urea groups is 1. The standard InChI is InChI=1S/C15H16N2O2/c18-15(16-14-9-5-2-6-10-14)17-19-12-11-13-7-3-1-4-8-13/h1-10H,11-12H2,(H2,16,17,18). The van der Waals surface area contributed by atoms with Crippen LogP contribution in [0.3, 0.4) is 0 Å². The van der Waals surface area contributed by atoms with Crippen LogP contribution in [0.5, 0.6) is 0 Å². The average Bonchev–Trinajstić information content (AvgIpc) is 2.46. The molecule has 0 aliphatic heterocycles. The molecule has 0 aliphatic carbocycles. The fraction of sp³-hybridized carbons (Fsp3) is 0.133. The summed E-state index contributed by atoms with van der Waals surface area (Å²) in [7, 11) is 0. The lowest BCUT2D eigenvalue weighted by Crippen LogP contribution is -2.29. The molecule has 0 bridgehead atoms. The number of amides is 2. The van der Waals surface area contributed by atoms with Crippen molar-refractivity contribution in [3.63, 3.8) is 0 Å². The zero-order valence-electron chi connectivity index (χ0n) is 10.5. The molecule has 0 radical (unpaired) electrons. The first-order valence-corrected chi connectivity index (χ1v) is 6.12. The maximum Gasteiger partial charge on any atom is 0.343 e. The average molecular weight is 256 g/mol. The second-order valence-corrected chi connectivity index (χ2v) is 4.01. The zero-order valence-corrected chi connectivity index (χ0v) is 10.5. The number of carbonyl (C=O) groups excluding carboxylic acids is 1. The second-order valence-electron chi connectivity index (χ2n) is 4.01. The van der Waals surface area contributed by atoms with Crippen molar-refractivity contribution in [1.82, 2.24) is 5.48 Å². The van der Waals surface area contributed by atoms with Crippen molar-refractivity contribution in [3.05, 3.63) is 66.2 Å². The Kier molecular flexibility index (Phi) is 4.96. The van der Waals surface area contributed by atoms with E-state index in [1.54, 1.807) is 0 Å². The van der Waals surface area contributed by atoms with Gasteiger partial charge in [0.15, 0.2) is 0 Å². The number of hydrogen-bond donors (Lipinski definition) is 2. The normalized spacial score (nSPS) is 9.89. The third-order valence-electron chi connectivity index (χ3n) is 2.53. The minimum Gasteiger partial charge on any atom is -0.306 e. The van der Waals surface area contributed by atoms with Crippen LogP contribution >= 0.6 is 0 Å².